The summed E-state index contributed by atoms with van der Waals surface area (Å²) >= 11 is 0. The molecule has 4 N–H and O–H groups in total. The van der Waals surface area contributed by atoms with E-state index in [9.17, 15) is 0 Å². The number of anilines is 2. The van der Waals surface area contributed by atoms with E-state index in [4.69, 9.17) is 11.5 Å². The second kappa shape index (κ2) is 6.10. The van der Waals surface area contributed by atoms with Gasteiger partial charge in [0.15, 0.2) is 0 Å². The Morgan fingerprint density at radius 2 is 0.818 bits per heavy atom. The Kier molecular flexibility index (Phi) is 3.83. The van der Waals surface area contributed by atoms with E-state index in [1.54, 1.807) is 0 Å². The number of aliphatic imine (C=N–C) groups is 2. The Hall–Kier alpha value is -3.14. The number of hydrogen-bond donors (Lipinski definition) is 2. The molecule has 0 radical (unpaired) electrons. The summed E-state index contributed by atoms with van der Waals surface area (Å²) < 4.78 is 0. The standard InChI is InChI=1S/C18H16N4/c19-13-1-5-15(6-2-13)21-17-9-11-18(12-10-17)22-16-7-3-14(20)4-8-16/h1-12H,19-20H2. The Morgan fingerprint density at radius 3 is 1.14 bits per heavy atom. The molecule has 0 saturated heterocycles. The topological polar surface area (TPSA) is 76.8 Å². The maximum Gasteiger partial charge on any atom is 0.0638 e. The first-order chi connectivity index (χ1) is 10.7. The third-order valence-electron chi connectivity index (χ3n) is 3.15. The van der Waals surface area contributed by atoms with Crippen molar-refractivity contribution < 1.29 is 0 Å². The van der Waals surface area contributed by atoms with E-state index in [2.05, 4.69) is 9.98 Å². The summed E-state index contributed by atoms with van der Waals surface area (Å²) in [4.78, 5) is 9.06. The van der Waals surface area contributed by atoms with Gasteiger partial charge in [-0.1, -0.05) is 0 Å². The molecule has 0 spiro atoms. The zero-order valence-electron chi connectivity index (χ0n) is 12.0. The van der Waals surface area contributed by atoms with Gasteiger partial charge in [0.25, 0.3) is 0 Å². The van der Waals surface area contributed by atoms with Gasteiger partial charge in [-0.3, -0.25) is 0 Å². The molecule has 108 valence electrons. The van der Waals surface area contributed by atoms with Crippen LogP contribution in [0.15, 0.2) is 82.8 Å². The van der Waals surface area contributed by atoms with E-state index in [1.807, 2.05) is 72.8 Å². The molecular formula is C18H16N4. The van der Waals surface area contributed by atoms with Gasteiger partial charge in [0.1, 0.15) is 0 Å². The van der Waals surface area contributed by atoms with Crippen LogP contribution in [0.3, 0.4) is 0 Å². The Bertz CT molecular complexity index is 693. The van der Waals surface area contributed by atoms with Crippen molar-refractivity contribution >= 4 is 34.2 Å². The lowest BCUT2D eigenvalue weighted by Gasteiger charge is -2.03. The molecule has 2 aromatic rings. The van der Waals surface area contributed by atoms with Gasteiger partial charge in [0.2, 0.25) is 0 Å². The molecule has 22 heavy (non-hydrogen) atoms. The van der Waals surface area contributed by atoms with Gasteiger partial charge in [-0.25, -0.2) is 9.98 Å². The highest BCUT2D eigenvalue weighted by Gasteiger charge is 2.00. The van der Waals surface area contributed by atoms with Crippen LogP contribution >= 0.6 is 0 Å². The molecule has 0 aromatic heterocycles. The first kappa shape index (κ1) is 13.8. The normalized spacial score (nSPS) is 13.3. The number of benzene rings is 2. The van der Waals surface area contributed by atoms with Crippen molar-refractivity contribution in [3.63, 3.8) is 0 Å². The van der Waals surface area contributed by atoms with Crippen LogP contribution in [0.1, 0.15) is 0 Å². The van der Waals surface area contributed by atoms with E-state index in [0.29, 0.717) is 0 Å². The SMILES string of the molecule is Nc1ccc(N=C2C=CC(=Nc3ccc(N)cc3)C=C2)cc1. The van der Waals surface area contributed by atoms with Crippen molar-refractivity contribution in [2.24, 2.45) is 9.98 Å². The van der Waals surface area contributed by atoms with E-state index in [-0.39, 0.29) is 0 Å². The van der Waals surface area contributed by atoms with Gasteiger partial charge in [0, 0.05) is 11.4 Å². The fourth-order valence-corrected chi connectivity index (χ4v) is 2.00. The average Bonchev–Trinajstić information content (AvgIpc) is 2.54. The summed E-state index contributed by atoms with van der Waals surface area (Å²) in [6.45, 7) is 0. The Morgan fingerprint density at radius 1 is 0.500 bits per heavy atom. The lowest BCUT2D eigenvalue weighted by Crippen LogP contribution is -1.99. The fourth-order valence-electron chi connectivity index (χ4n) is 2.00. The van der Waals surface area contributed by atoms with Crippen LogP contribution in [0.25, 0.3) is 0 Å². The molecule has 2 aromatic carbocycles. The van der Waals surface area contributed by atoms with E-state index >= 15 is 0 Å². The molecule has 0 heterocycles. The van der Waals surface area contributed by atoms with E-state index in [0.717, 1.165) is 34.2 Å². The summed E-state index contributed by atoms with van der Waals surface area (Å²) in [7, 11) is 0. The van der Waals surface area contributed by atoms with Crippen molar-refractivity contribution in [1.29, 1.82) is 0 Å². The van der Waals surface area contributed by atoms with Crippen molar-refractivity contribution in [2.75, 3.05) is 11.5 Å². The summed E-state index contributed by atoms with van der Waals surface area (Å²) in [5, 5.41) is 0. The lowest BCUT2D eigenvalue weighted by atomic mass is 10.1. The van der Waals surface area contributed by atoms with Gasteiger partial charge in [-0.05, 0) is 72.8 Å². The molecule has 1 aliphatic rings. The lowest BCUT2D eigenvalue weighted by molar-refractivity contribution is 1.50. The highest BCUT2D eigenvalue weighted by Crippen LogP contribution is 2.17. The Labute approximate surface area is 129 Å². The number of rotatable bonds is 2. The van der Waals surface area contributed by atoms with Crippen LogP contribution in [0, 0.1) is 0 Å². The first-order valence-corrected chi connectivity index (χ1v) is 6.94. The van der Waals surface area contributed by atoms with Crippen LogP contribution in [-0.2, 0) is 0 Å². The smallest absolute Gasteiger partial charge is 0.0638 e. The van der Waals surface area contributed by atoms with E-state index < -0.39 is 0 Å². The van der Waals surface area contributed by atoms with E-state index in [1.165, 1.54) is 0 Å². The molecule has 0 saturated carbocycles. The molecule has 0 amide bonds. The molecule has 4 nitrogen and oxygen atoms in total. The molecule has 1 aliphatic carbocycles. The molecule has 0 unspecified atom stereocenters. The van der Waals surface area contributed by atoms with Gasteiger partial charge < -0.3 is 11.5 Å². The van der Waals surface area contributed by atoms with Gasteiger partial charge in [-0.15, -0.1) is 0 Å². The maximum absolute atomic E-state index is 5.66. The third-order valence-corrected chi connectivity index (χ3v) is 3.15. The second-order valence-electron chi connectivity index (χ2n) is 4.92. The summed E-state index contributed by atoms with van der Waals surface area (Å²) in [6.07, 6.45) is 7.75. The summed E-state index contributed by atoms with van der Waals surface area (Å²) in [5.74, 6) is 0. The quantitative estimate of drug-likeness (QED) is 0.651. The highest BCUT2D eigenvalue weighted by molar-refractivity contribution is 6.19. The first-order valence-electron chi connectivity index (χ1n) is 6.94. The zero-order chi connectivity index (χ0) is 15.4. The maximum atomic E-state index is 5.66. The molecule has 0 fully saturated rings. The highest BCUT2D eigenvalue weighted by atomic mass is 14.8. The fraction of sp³-hybridized carbons (Fsp3) is 0. The predicted octanol–water partition coefficient (Wildman–Crippen LogP) is 3.82. The zero-order valence-corrected chi connectivity index (χ0v) is 12.0. The monoisotopic (exact) mass is 288 g/mol. The molecule has 3 rings (SSSR count). The van der Waals surface area contributed by atoms with Gasteiger partial charge >= 0.3 is 0 Å². The van der Waals surface area contributed by atoms with Crippen molar-refractivity contribution in [3.8, 4) is 0 Å². The number of nitrogens with two attached hydrogens (primary N) is 2. The molecule has 0 atom stereocenters. The summed E-state index contributed by atoms with van der Waals surface area (Å²) in [5.41, 5.74) is 16.3. The van der Waals surface area contributed by atoms with Crippen molar-refractivity contribution in [1.82, 2.24) is 0 Å². The summed E-state index contributed by atoms with van der Waals surface area (Å²) in [6, 6.07) is 14.9. The van der Waals surface area contributed by atoms with Crippen LogP contribution in [-0.4, -0.2) is 11.4 Å². The van der Waals surface area contributed by atoms with Crippen LogP contribution in [0.4, 0.5) is 22.7 Å². The number of nitrogens with zero attached hydrogens (tertiary/aromatic N) is 2. The number of allylic oxidation sites excluding steroid dienone is 4. The van der Waals surface area contributed by atoms with Crippen molar-refractivity contribution in [3.05, 3.63) is 72.8 Å². The molecule has 0 bridgehead atoms. The Balaban J connectivity index is 1.76. The molecule has 0 aliphatic heterocycles. The minimum absolute atomic E-state index is 0.733. The minimum Gasteiger partial charge on any atom is -0.399 e. The molecular weight excluding hydrogens is 272 g/mol. The number of nitrogen functional groups attached to an aromatic ring is 2. The van der Waals surface area contributed by atoms with Crippen LogP contribution in [0.5, 0.6) is 0 Å². The second-order valence-corrected chi connectivity index (χ2v) is 4.92. The largest absolute Gasteiger partial charge is 0.399 e. The van der Waals surface area contributed by atoms with Gasteiger partial charge in [-0.2, -0.15) is 0 Å². The molecule has 4 heteroatoms. The predicted molar refractivity (Wildman–Crippen MR) is 94.2 cm³/mol. The average molecular weight is 288 g/mol. The van der Waals surface area contributed by atoms with Gasteiger partial charge in [0.05, 0.1) is 22.8 Å². The number of hydrogen-bond acceptors (Lipinski definition) is 4. The third kappa shape index (κ3) is 3.49. The van der Waals surface area contributed by atoms with Crippen LogP contribution < -0.4 is 11.5 Å². The van der Waals surface area contributed by atoms with Crippen LogP contribution in [0.2, 0.25) is 0 Å². The minimum atomic E-state index is 0.733. The van der Waals surface area contributed by atoms with Crippen molar-refractivity contribution in [2.45, 2.75) is 0 Å².